The van der Waals surface area contributed by atoms with Crippen LogP contribution in [0.3, 0.4) is 0 Å². The smallest absolute Gasteiger partial charge is 0.276 e. The van der Waals surface area contributed by atoms with E-state index in [0.717, 1.165) is 0 Å². The standard InChI is InChI=1S/C6H10F2O2/c1-4-6(7,8)2-5(3-9)10-4/h4-5,9H,2-3H2,1H3/t4?,5-/m0/s1. The van der Waals surface area contributed by atoms with Crippen LogP contribution in [0.25, 0.3) is 0 Å². The summed E-state index contributed by atoms with van der Waals surface area (Å²) in [6, 6.07) is 0. The molecule has 0 spiro atoms. The molecule has 1 rings (SSSR count). The van der Waals surface area contributed by atoms with Crippen LogP contribution in [0.15, 0.2) is 0 Å². The zero-order valence-electron chi connectivity index (χ0n) is 5.68. The SMILES string of the molecule is CC1O[C@H](CO)CC1(F)F. The van der Waals surface area contributed by atoms with Gasteiger partial charge in [-0.2, -0.15) is 0 Å². The van der Waals surface area contributed by atoms with Crippen molar-refractivity contribution in [1.29, 1.82) is 0 Å². The molecule has 0 aromatic carbocycles. The molecule has 0 aromatic heterocycles. The molecule has 1 aliphatic rings. The summed E-state index contributed by atoms with van der Waals surface area (Å²) < 4.78 is 29.8. The number of alkyl halides is 2. The first-order valence-electron chi connectivity index (χ1n) is 3.20. The van der Waals surface area contributed by atoms with Crippen molar-refractivity contribution in [2.75, 3.05) is 6.61 Å². The first kappa shape index (κ1) is 7.88. The fourth-order valence-electron chi connectivity index (χ4n) is 1.01. The molecule has 0 aliphatic carbocycles. The molecule has 1 heterocycles. The van der Waals surface area contributed by atoms with Gasteiger partial charge in [-0.15, -0.1) is 0 Å². The lowest BCUT2D eigenvalue weighted by Gasteiger charge is -2.10. The molecule has 60 valence electrons. The second-order valence-electron chi connectivity index (χ2n) is 2.55. The van der Waals surface area contributed by atoms with Gasteiger partial charge in [-0.1, -0.05) is 0 Å². The zero-order chi connectivity index (χ0) is 7.78. The van der Waals surface area contributed by atoms with Gasteiger partial charge in [-0.3, -0.25) is 0 Å². The molecule has 1 fully saturated rings. The summed E-state index contributed by atoms with van der Waals surface area (Å²) in [5, 5.41) is 8.46. The summed E-state index contributed by atoms with van der Waals surface area (Å²) in [5.74, 6) is -2.76. The van der Waals surface area contributed by atoms with E-state index in [2.05, 4.69) is 0 Å². The molecule has 1 saturated heterocycles. The Morgan fingerprint density at radius 1 is 1.70 bits per heavy atom. The third-order valence-corrected chi connectivity index (χ3v) is 1.69. The monoisotopic (exact) mass is 152 g/mol. The molecule has 2 atom stereocenters. The molecule has 0 radical (unpaired) electrons. The molecule has 10 heavy (non-hydrogen) atoms. The summed E-state index contributed by atoms with van der Waals surface area (Å²) in [5.41, 5.74) is 0. The van der Waals surface area contributed by atoms with Crippen LogP contribution in [0.4, 0.5) is 8.78 Å². The van der Waals surface area contributed by atoms with Crippen molar-refractivity contribution < 1.29 is 18.6 Å². The number of ether oxygens (including phenoxy) is 1. The minimum absolute atomic E-state index is 0.320. The highest BCUT2D eigenvalue weighted by atomic mass is 19.3. The highest BCUT2D eigenvalue weighted by Crippen LogP contribution is 2.34. The van der Waals surface area contributed by atoms with Crippen LogP contribution < -0.4 is 0 Å². The number of hydrogen-bond donors (Lipinski definition) is 1. The normalized spacial score (nSPS) is 38.4. The first-order valence-corrected chi connectivity index (χ1v) is 3.20. The van der Waals surface area contributed by atoms with Crippen LogP contribution in [-0.2, 0) is 4.74 Å². The van der Waals surface area contributed by atoms with Crippen LogP contribution in [0.2, 0.25) is 0 Å². The Labute approximate surface area is 57.8 Å². The maximum absolute atomic E-state index is 12.5. The van der Waals surface area contributed by atoms with Gasteiger partial charge < -0.3 is 9.84 Å². The maximum atomic E-state index is 12.5. The molecule has 0 amide bonds. The van der Waals surface area contributed by atoms with Crippen molar-refractivity contribution in [3.63, 3.8) is 0 Å². The Morgan fingerprint density at radius 3 is 2.50 bits per heavy atom. The van der Waals surface area contributed by atoms with Gasteiger partial charge in [0.15, 0.2) is 0 Å². The van der Waals surface area contributed by atoms with E-state index in [1.54, 1.807) is 0 Å². The topological polar surface area (TPSA) is 29.5 Å². The van der Waals surface area contributed by atoms with Gasteiger partial charge in [0, 0.05) is 6.42 Å². The largest absolute Gasteiger partial charge is 0.394 e. The predicted molar refractivity (Wildman–Crippen MR) is 31.0 cm³/mol. The molecule has 1 N–H and O–H groups in total. The van der Waals surface area contributed by atoms with Gasteiger partial charge in [0.2, 0.25) is 0 Å². The predicted octanol–water partition coefficient (Wildman–Crippen LogP) is 0.791. The Hall–Kier alpha value is -0.220. The maximum Gasteiger partial charge on any atom is 0.276 e. The highest BCUT2D eigenvalue weighted by Gasteiger charge is 2.47. The van der Waals surface area contributed by atoms with Gasteiger partial charge in [0.05, 0.1) is 12.7 Å². The van der Waals surface area contributed by atoms with E-state index in [1.165, 1.54) is 6.92 Å². The Morgan fingerprint density at radius 2 is 2.30 bits per heavy atom. The van der Waals surface area contributed by atoms with Crippen molar-refractivity contribution in [1.82, 2.24) is 0 Å². The van der Waals surface area contributed by atoms with Gasteiger partial charge >= 0.3 is 0 Å². The van der Waals surface area contributed by atoms with Crippen LogP contribution in [0.1, 0.15) is 13.3 Å². The van der Waals surface area contributed by atoms with Crippen molar-refractivity contribution in [3.05, 3.63) is 0 Å². The number of halogens is 2. The minimum Gasteiger partial charge on any atom is -0.394 e. The van der Waals surface area contributed by atoms with Gasteiger partial charge in [-0.25, -0.2) is 8.78 Å². The van der Waals surface area contributed by atoms with E-state index in [4.69, 9.17) is 9.84 Å². The molecule has 2 nitrogen and oxygen atoms in total. The van der Waals surface area contributed by atoms with Crippen molar-refractivity contribution in [2.45, 2.75) is 31.5 Å². The lowest BCUT2D eigenvalue weighted by atomic mass is 10.1. The fourth-order valence-corrected chi connectivity index (χ4v) is 1.01. The van der Waals surface area contributed by atoms with E-state index in [-0.39, 0.29) is 13.0 Å². The number of aliphatic hydroxyl groups excluding tert-OH is 1. The van der Waals surface area contributed by atoms with Crippen LogP contribution >= 0.6 is 0 Å². The van der Waals surface area contributed by atoms with Crippen LogP contribution in [-0.4, -0.2) is 29.8 Å². The average Bonchev–Trinajstić information content (AvgIpc) is 2.08. The minimum atomic E-state index is -2.76. The van der Waals surface area contributed by atoms with E-state index in [9.17, 15) is 8.78 Å². The molecule has 1 unspecified atom stereocenters. The van der Waals surface area contributed by atoms with E-state index in [1.807, 2.05) is 0 Å². The molecule has 0 aromatic rings. The average molecular weight is 152 g/mol. The van der Waals surface area contributed by atoms with Gasteiger partial charge in [0.1, 0.15) is 6.10 Å². The summed E-state index contributed by atoms with van der Waals surface area (Å²) in [6.07, 6.45) is -2.08. The van der Waals surface area contributed by atoms with E-state index >= 15 is 0 Å². The molecule has 0 saturated carbocycles. The van der Waals surface area contributed by atoms with Gasteiger partial charge in [-0.05, 0) is 6.92 Å². The summed E-state index contributed by atoms with van der Waals surface area (Å²) in [4.78, 5) is 0. The number of hydrogen-bond acceptors (Lipinski definition) is 2. The third-order valence-electron chi connectivity index (χ3n) is 1.69. The number of aliphatic hydroxyl groups is 1. The van der Waals surface area contributed by atoms with Crippen molar-refractivity contribution in [2.24, 2.45) is 0 Å². The lowest BCUT2D eigenvalue weighted by Crippen LogP contribution is -2.24. The second-order valence-corrected chi connectivity index (χ2v) is 2.55. The number of rotatable bonds is 1. The molecular weight excluding hydrogens is 142 g/mol. The second kappa shape index (κ2) is 2.43. The quantitative estimate of drug-likeness (QED) is 0.602. The lowest BCUT2D eigenvalue weighted by molar-refractivity contribution is -0.0676. The summed E-state index contributed by atoms with van der Waals surface area (Å²) in [7, 11) is 0. The van der Waals surface area contributed by atoms with E-state index in [0.29, 0.717) is 0 Å². The van der Waals surface area contributed by atoms with Crippen LogP contribution in [0, 0.1) is 0 Å². The molecule has 1 aliphatic heterocycles. The summed E-state index contributed by atoms with van der Waals surface area (Å²) in [6.45, 7) is 0.996. The van der Waals surface area contributed by atoms with Gasteiger partial charge in [0.25, 0.3) is 5.92 Å². The third kappa shape index (κ3) is 1.27. The zero-order valence-corrected chi connectivity index (χ0v) is 5.68. The van der Waals surface area contributed by atoms with Crippen molar-refractivity contribution >= 4 is 0 Å². The van der Waals surface area contributed by atoms with Crippen LogP contribution in [0.5, 0.6) is 0 Å². The Bertz CT molecular complexity index is 127. The first-order chi connectivity index (χ1) is 4.56. The molecule has 0 bridgehead atoms. The Kier molecular flexibility index (Phi) is 1.92. The highest BCUT2D eigenvalue weighted by molar-refractivity contribution is 4.85. The fraction of sp³-hybridized carbons (Fsp3) is 1.00. The Balaban J connectivity index is 2.53. The summed E-state index contributed by atoms with van der Waals surface area (Å²) >= 11 is 0. The molecular formula is C6H10F2O2. The molecule has 4 heteroatoms. The van der Waals surface area contributed by atoms with Crippen molar-refractivity contribution in [3.8, 4) is 0 Å². The van der Waals surface area contributed by atoms with E-state index < -0.39 is 18.1 Å².